The van der Waals surface area contributed by atoms with Crippen molar-refractivity contribution in [3.05, 3.63) is 41.9 Å². The van der Waals surface area contributed by atoms with Crippen molar-refractivity contribution in [1.29, 1.82) is 0 Å². The average molecular weight is 385 g/mol. The van der Waals surface area contributed by atoms with Crippen LogP contribution in [-0.2, 0) is 17.8 Å². The van der Waals surface area contributed by atoms with Crippen molar-refractivity contribution in [2.75, 3.05) is 37.7 Å². The minimum absolute atomic E-state index is 0.101. The van der Waals surface area contributed by atoms with Gasteiger partial charge in [0.1, 0.15) is 5.82 Å². The summed E-state index contributed by atoms with van der Waals surface area (Å²) in [6.07, 6.45) is 7.40. The van der Waals surface area contributed by atoms with Gasteiger partial charge in [0.25, 0.3) is 0 Å². The van der Waals surface area contributed by atoms with Crippen LogP contribution in [0.2, 0.25) is 0 Å². The summed E-state index contributed by atoms with van der Waals surface area (Å²) in [6.45, 7) is 8.26. The standard InChI is InChI=1S/C20H27N5O3/c1-2-25-14-16(11-22-25)13-23-9-10-28-20(15-23)5-7-24(8-6-20)18-4-3-17(12-21-18)19(26)27/h3-4,11-12,14H,2,5-10,13,15H2,1H3,(H,26,27). The molecule has 4 heterocycles. The van der Waals surface area contributed by atoms with Gasteiger partial charge in [-0.15, -0.1) is 0 Å². The fourth-order valence-corrected chi connectivity index (χ4v) is 4.12. The lowest BCUT2D eigenvalue weighted by molar-refractivity contribution is -0.122. The van der Waals surface area contributed by atoms with E-state index in [1.54, 1.807) is 12.1 Å². The number of hydrogen-bond donors (Lipinski definition) is 1. The predicted octanol–water partition coefficient (Wildman–Crippen LogP) is 1.87. The van der Waals surface area contributed by atoms with E-state index < -0.39 is 5.97 Å². The van der Waals surface area contributed by atoms with Crippen LogP contribution in [0, 0.1) is 0 Å². The Morgan fingerprint density at radius 2 is 2.07 bits per heavy atom. The third-order valence-corrected chi connectivity index (χ3v) is 5.74. The van der Waals surface area contributed by atoms with E-state index in [1.807, 2.05) is 10.9 Å². The van der Waals surface area contributed by atoms with Crippen molar-refractivity contribution in [3.8, 4) is 0 Å². The van der Waals surface area contributed by atoms with Crippen LogP contribution in [0.3, 0.4) is 0 Å². The molecular formula is C20H27N5O3. The number of ether oxygens (including phenoxy) is 1. The molecule has 2 aliphatic heterocycles. The second-order valence-corrected chi connectivity index (χ2v) is 7.64. The number of aromatic nitrogens is 3. The summed E-state index contributed by atoms with van der Waals surface area (Å²) < 4.78 is 8.21. The normalized spacial score (nSPS) is 19.8. The van der Waals surface area contributed by atoms with E-state index >= 15 is 0 Å². The number of carboxylic acids is 1. The lowest BCUT2D eigenvalue weighted by Crippen LogP contribution is -2.56. The van der Waals surface area contributed by atoms with Crippen LogP contribution in [0.15, 0.2) is 30.7 Å². The van der Waals surface area contributed by atoms with Crippen molar-refractivity contribution in [3.63, 3.8) is 0 Å². The first-order valence-electron chi connectivity index (χ1n) is 9.89. The minimum Gasteiger partial charge on any atom is -0.478 e. The molecule has 2 aliphatic rings. The molecule has 2 aromatic heterocycles. The Bertz CT molecular complexity index is 812. The van der Waals surface area contributed by atoms with Crippen LogP contribution >= 0.6 is 0 Å². The van der Waals surface area contributed by atoms with Crippen molar-refractivity contribution in [1.82, 2.24) is 19.7 Å². The lowest BCUT2D eigenvalue weighted by Gasteiger charge is -2.47. The third kappa shape index (κ3) is 4.02. The number of aryl methyl sites for hydroxylation is 1. The van der Waals surface area contributed by atoms with E-state index in [1.165, 1.54) is 11.8 Å². The zero-order valence-corrected chi connectivity index (χ0v) is 16.3. The summed E-state index contributed by atoms with van der Waals surface area (Å²) in [7, 11) is 0. The van der Waals surface area contributed by atoms with E-state index in [0.717, 1.165) is 64.5 Å². The Labute approximate surface area is 164 Å². The number of carbonyl (C=O) groups is 1. The van der Waals surface area contributed by atoms with Crippen molar-refractivity contribution >= 4 is 11.8 Å². The fraction of sp³-hybridized carbons (Fsp3) is 0.550. The molecule has 2 saturated heterocycles. The van der Waals surface area contributed by atoms with Crippen molar-refractivity contribution in [2.45, 2.75) is 38.5 Å². The molecule has 0 amide bonds. The summed E-state index contributed by atoms with van der Waals surface area (Å²) >= 11 is 0. The maximum absolute atomic E-state index is 11.0. The average Bonchev–Trinajstić information content (AvgIpc) is 3.16. The number of pyridine rings is 1. The first-order valence-corrected chi connectivity index (χ1v) is 9.89. The summed E-state index contributed by atoms with van der Waals surface area (Å²) in [4.78, 5) is 20.0. The van der Waals surface area contributed by atoms with Crippen molar-refractivity contribution < 1.29 is 14.6 Å². The van der Waals surface area contributed by atoms with Gasteiger partial charge in [-0.2, -0.15) is 5.10 Å². The zero-order valence-electron chi connectivity index (χ0n) is 16.3. The van der Waals surface area contributed by atoms with E-state index in [-0.39, 0.29) is 11.2 Å². The SMILES string of the molecule is CCn1cc(CN2CCOC3(CCN(c4ccc(C(=O)O)cn4)CC3)C2)cn1. The van der Waals surface area contributed by atoms with Crippen LogP contribution in [-0.4, -0.2) is 69.1 Å². The van der Waals surface area contributed by atoms with E-state index in [2.05, 4.69) is 33.0 Å². The molecule has 0 saturated carbocycles. The molecule has 28 heavy (non-hydrogen) atoms. The smallest absolute Gasteiger partial charge is 0.337 e. The van der Waals surface area contributed by atoms with Crippen LogP contribution in [0.5, 0.6) is 0 Å². The highest BCUT2D eigenvalue weighted by Crippen LogP contribution is 2.32. The number of carboxylic acid groups (broad SMARTS) is 1. The quantitative estimate of drug-likeness (QED) is 0.841. The Morgan fingerprint density at radius 1 is 1.25 bits per heavy atom. The molecule has 150 valence electrons. The van der Waals surface area contributed by atoms with Crippen LogP contribution in [0.1, 0.15) is 35.7 Å². The van der Waals surface area contributed by atoms with Gasteiger partial charge in [0, 0.05) is 57.2 Å². The van der Waals surface area contributed by atoms with Gasteiger partial charge in [0.05, 0.1) is 24.0 Å². The molecule has 0 aromatic carbocycles. The number of hydrogen-bond acceptors (Lipinski definition) is 6. The van der Waals surface area contributed by atoms with Crippen LogP contribution < -0.4 is 4.90 Å². The number of anilines is 1. The van der Waals surface area contributed by atoms with E-state index in [9.17, 15) is 4.79 Å². The molecular weight excluding hydrogens is 358 g/mol. The zero-order chi connectivity index (χ0) is 19.6. The highest BCUT2D eigenvalue weighted by Gasteiger charge is 2.40. The first-order chi connectivity index (χ1) is 13.6. The number of aromatic carboxylic acids is 1. The van der Waals surface area contributed by atoms with E-state index in [0.29, 0.717) is 0 Å². The molecule has 4 rings (SSSR count). The van der Waals surface area contributed by atoms with Crippen LogP contribution in [0.4, 0.5) is 5.82 Å². The van der Waals surface area contributed by atoms with Crippen LogP contribution in [0.25, 0.3) is 0 Å². The second-order valence-electron chi connectivity index (χ2n) is 7.64. The monoisotopic (exact) mass is 385 g/mol. The lowest BCUT2D eigenvalue weighted by atomic mass is 9.89. The van der Waals surface area contributed by atoms with Gasteiger partial charge in [0.15, 0.2) is 0 Å². The molecule has 0 atom stereocenters. The summed E-state index contributed by atoms with van der Waals surface area (Å²) in [5, 5.41) is 13.4. The molecule has 0 unspecified atom stereocenters. The Balaban J connectivity index is 1.35. The third-order valence-electron chi connectivity index (χ3n) is 5.74. The highest BCUT2D eigenvalue weighted by molar-refractivity contribution is 5.87. The molecule has 0 aliphatic carbocycles. The maximum Gasteiger partial charge on any atom is 0.337 e. The summed E-state index contributed by atoms with van der Waals surface area (Å²) in [6, 6.07) is 3.41. The fourth-order valence-electron chi connectivity index (χ4n) is 4.12. The molecule has 1 spiro atoms. The first kappa shape index (κ1) is 18.9. The number of morpholine rings is 1. The van der Waals surface area contributed by atoms with Gasteiger partial charge < -0.3 is 14.7 Å². The minimum atomic E-state index is -0.947. The highest BCUT2D eigenvalue weighted by atomic mass is 16.5. The van der Waals surface area contributed by atoms with Crippen molar-refractivity contribution in [2.24, 2.45) is 0 Å². The Hall–Kier alpha value is -2.45. The number of rotatable bonds is 5. The second kappa shape index (κ2) is 7.89. The molecule has 0 bridgehead atoms. The van der Waals surface area contributed by atoms with Gasteiger partial charge >= 0.3 is 5.97 Å². The summed E-state index contributed by atoms with van der Waals surface area (Å²) in [5.74, 6) is -0.115. The topological polar surface area (TPSA) is 83.7 Å². The largest absolute Gasteiger partial charge is 0.478 e. The van der Waals surface area contributed by atoms with Gasteiger partial charge in [-0.1, -0.05) is 0 Å². The van der Waals surface area contributed by atoms with Gasteiger partial charge in [0.2, 0.25) is 0 Å². The molecule has 8 heteroatoms. The van der Waals surface area contributed by atoms with E-state index in [4.69, 9.17) is 9.84 Å². The number of piperidine rings is 1. The molecule has 1 N–H and O–H groups in total. The number of nitrogens with zero attached hydrogens (tertiary/aromatic N) is 5. The van der Waals surface area contributed by atoms with Gasteiger partial charge in [-0.05, 0) is 31.9 Å². The maximum atomic E-state index is 11.0. The molecule has 0 radical (unpaired) electrons. The Morgan fingerprint density at radius 3 is 2.71 bits per heavy atom. The van der Waals surface area contributed by atoms with Gasteiger partial charge in [-0.25, -0.2) is 9.78 Å². The molecule has 2 aromatic rings. The molecule has 2 fully saturated rings. The Kier molecular flexibility index (Phi) is 5.32. The van der Waals surface area contributed by atoms with Gasteiger partial charge in [-0.3, -0.25) is 9.58 Å². The summed E-state index contributed by atoms with van der Waals surface area (Å²) in [5.41, 5.74) is 1.37. The predicted molar refractivity (Wildman–Crippen MR) is 105 cm³/mol. The molecule has 8 nitrogen and oxygen atoms in total.